The number of rotatable bonds is 5. The van der Waals surface area contributed by atoms with Gasteiger partial charge in [-0.2, -0.15) is 0 Å². The van der Waals surface area contributed by atoms with Gasteiger partial charge in [-0.1, -0.05) is 25.7 Å². The fourth-order valence-corrected chi connectivity index (χ4v) is 3.83. The molecule has 0 aromatic rings. The molecule has 1 saturated heterocycles. The Labute approximate surface area is 159 Å². The Kier molecular flexibility index (Phi) is 11.5. The number of carbonyl (C=O) groups is 1. The maximum absolute atomic E-state index is 12.4. The van der Waals surface area contributed by atoms with E-state index >= 15 is 0 Å². The standard InChI is InChI=1S/C17H33N3O2.2ClH/c1-20(2)17(9-5-3-4-6-10-17)13-19-16(21)15(18)14-7-11-22-12-8-14;;/h14-15H,3-13,18H2,1-2H3,(H,19,21);2*1H. The van der Waals surface area contributed by atoms with Gasteiger partial charge >= 0.3 is 0 Å². The van der Waals surface area contributed by atoms with Crippen LogP contribution in [0.1, 0.15) is 51.4 Å². The second-order valence-corrected chi connectivity index (χ2v) is 7.23. The molecule has 1 aliphatic carbocycles. The summed E-state index contributed by atoms with van der Waals surface area (Å²) >= 11 is 0. The molecule has 1 aliphatic heterocycles. The second kappa shape index (κ2) is 11.5. The molecule has 144 valence electrons. The highest BCUT2D eigenvalue weighted by Gasteiger charge is 2.34. The van der Waals surface area contributed by atoms with Gasteiger partial charge < -0.3 is 20.7 Å². The lowest BCUT2D eigenvalue weighted by Gasteiger charge is -2.40. The molecule has 2 fully saturated rings. The summed E-state index contributed by atoms with van der Waals surface area (Å²) in [5.41, 5.74) is 6.28. The number of carbonyl (C=O) groups excluding carboxylic acids is 1. The predicted molar refractivity (Wildman–Crippen MR) is 103 cm³/mol. The van der Waals surface area contributed by atoms with Gasteiger partial charge in [0, 0.05) is 25.3 Å². The third kappa shape index (κ3) is 6.34. The molecule has 1 heterocycles. The zero-order valence-electron chi connectivity index (χ0n) is 15.1. The van der Waals surface area contributed by atoms with Crippen molar-refractivity contribution < 1.29 is 9.53 Å². The Bertz CT molecular complexity index is 356. The molecule has 1 unspecified atom stereocenters. The topological polar surface area (TPSA) is 67.6 Å². The number of ether oxygens (including phenoxy) is 1. The first-order chi connectivity index (χ1) is 10.6. The van der Waals surface area contributed by atoms with Gasteiger partial charge in [-0.25, -0.2) is 0 Å². The Morgan fingerprint density at radius 3 is 2.21 bits per heavy atom. The number of nitrogens with one attached hydrogen (secondary N) is 1. The van der Waals surface area contributed by atoms with Gasteiger partial charge in [-0.15, -0.1) is 24.8 Å². The van der Waals surface area contributed by atoms with Gasteiger partial charge in [0.1, 0.15) is 0 Å². The Morgan fingerprint density at radius 1 is 1.17 bits per heavy atom. The quantitative estimate of drug-likeness (QED) is 0.714. The normalized spacial score (nSPS) is 22.7. The van der Waals surface area contributed by atoms with Gasteiger partial charge in [0.05, 0.1) is 6.04 Å². The lowest BCUT2D eigenvalue weighted by molar-refractivity contribution is -0.125. The van der Waals surface area contributed by atoms with Crippen LogP contribution in [-0.2, 0) is 9.53 Å². The minimum absolute atomic E-state index is 0. The number of hydrogen-bond acceptors (Lipinski definition) is 4. The van der Waals surface area contributed by atoms with Crippen molar-refractivity contribution >= 4 is 30.7 Å². The minimum Gasteiger partial charge on any atom is -0.381 e. The van der Waals surface area contributed by atoms with E-state index in [1.165, 1.54) is 25.7 Å². The maximum Gasteiger partial charge on any atom is 0.237 e. The smallest absolute Gasteiger partial charge is 0.237 e. The van der Waals surface area contributed by atoms with Crippen LogP contribution in [0.5, 0.6) is 0 Å². The van der Waals surface area contributed by atoms with Crippen LogP contribution in [0.25, 0.3) is 0 Å². The molecule has 5 nitrogen and oxygen atoms in total. The molecule has 3 N–H and O–H groups in total. The van der Waals surface area contributed by atoms with E-state index in [1.807, 2.05) is 0 Å². The van der Waals surface area contributed by atoms with Crippen molar-refractivity contribution in [2.75, 3.05) is 33.9 Å². The van der Waals surface area contributed by atoms with E-state index < -0.39 is 6.04 Å². The zero-order chi connectivity index (χ0) is 16.0. The van der Waals surface area contributed by atoms with Gasteiger partial charge in [0.2, 0.25) is 5.91 Å². The molecule has 0 bridgehead atoms. The van der Waals surface area contributed by atoms with Crippen LogP contribution < -0.4 is 11.1 Å². The summed E-state index contributed by atoms with van der Waals surface area (Å²) in [5, 5.41) is 3.15. The number of amides is 1. The molecule has 0 radical (unpaired) electrons. The van der Waals surface area contributed by atoms with Crippen LogP contribution in [0.4, 0.5) is 0 Å². The minimum atomic E-state index is -0.395. The number of halogens is 2. The second-order valence-electron chi connectivity index (χ2n) is 7.23. The largest absolute Gasteiger partial charge is 0.381 e. The molecule has 1 amide bonds. The fraction of sp³-hybridized carbons (Fsp3) is 0.941. The molecule has 1 atom stereocenters. The molecule has 2 rings (SSSR count). The van der Waals surface area contributed by atoms with Crippen molar-refractivity contribution in [1.29, 1.82) is 0 Å². The van der Waals surface area contributed by atoms with E-state index in [4.69, 9.17) is 10.5 Å². The van der Waals surface area contributed by atoms with E-state index in [2.05, 4.69) is 24.3 Å². The van der Waals surface area contributed by atoms with Crippen molar-refractivity contribution in [2.24, 2.45) is 11.7 Å². The molecule has 0 aromatic heterocycles. The molecule has 0 aromatic carbocycles. The summed E-state index contributed by atoms with van der Waals surface area (Å²) in [7, 11) is 4.27. The van der Waals surface area contributed by atoms with E-state index in [0.717, 1.165) is 45.4 Å². The van der Waals surface area contributed by atoms with E-state index in [1.54, 1.807) is 0 Å². The van der Waals surface area contributed by atoms with Crippen molar-refractivity contribution in [3.05, 3.63) is 0 Å². The van der Waals surface area contributed by atoms with Gasteiger partial charge in [-0.05, 0) is 45.7 Å². The van der Waals surface area contributed by atoms with E-state index in [-0.39, 0.29) is 42.2 Å². The maximum atomic E-state index is 12.4. The number of likely N-dealkylation sites (N-methyl/N-ethyl adjacent to an activating group) is 1. The van der Waals surface area contributed by atoms with Gasteiger partial charge in [0.15, 0.2) is 0 Å². The Hall–Kier alpha value is -0.0700. The molecule has 1 saturated carbocycles. The van der Waals surface area contributed by atoms with Crippen molar-refractivity contribution in [1.82, 2.24) is 10.2 Å². The number of nitrogens with two attached hydrogens (primary N) is 1. The summed E-state index contributed by atoms with van der Waals surface area (Å²) in [4.78, 5) is 14.7. The molecular weight excluding hydrogens is 349 g/mol. The SMILES string of the molecule is CN(C)C1(CNC(=O)C(N)C2CCOCC2)CCCCCC1.Cl.Cl. The third-order valence-electron chi connectivity index (χ3n) is 5.65. The Balaban J connectivity index is 0.00000264. The highest BCUT2D eigenvalue weighted by Crippen LogP contribution is 2.30. The molecule has 0 spiro atoms. The molecular formula is C17H35Cl2N3O2. The monoisotopic (exact) mass is 383 g/mol. The number of hydrogen-bond donors (Lipinski definition) is 2. The number of nitrogens with zero attached hydrogens (tertiary/aromatic N) is 1. The highest BCUT2D eigenvalue weighted by molar-refractivity contribution is 5.85. The van der Waals surface area contributed by atoms with Crippen molar-refractivity contribution in [3.63, 3.8) is 0 Å². The van der Waals surface area contributed by atoms with Crippen LogP contribution in [0.2, 0.25) is 0 Å². The lowest BCUT2D eigenvalue weighted by atomic mass is 9.88. The summed E-state index contributed by atoms with van der Waals surface area (Å²) in [6, 6.07) is -0.395. The average molecular weight is 384 g/mol. The third-order valence-corrected chi connectivity index (χ3v) is 5.65. The lowest BCUT2D eigenvalue weighted by Crippen LogP contribution is -2.56. The van der Waals surface area contributed by atoms with Gasteiger partial charge in [-0.3, -0.25) is 4.79 Å². The highest BCUT2D eigenvalue weighted by atomic mass is 35.5. The predicted octanol–water partition coefficient (Wildman–Crippen LogP) is 2.35. The summed E-state index contributed by atoms with van der Waals surface area (Å²) < 4.78 is 5.35. The van der Waals surface area contributed by atoms with Crippen LogP contribution in [0.15, 0.2) is 0 Å². The first-order valence-electron chi connectivity index (χ1n) is 8.84. The van der Waals surface area contributed by atoms with Crippen LogP contribution in [0.3, 0.4) is 0 Å². The first-order valence-corrected chi connectivity index (χ1v) is 8.84. The van der Waals surface area contributed by atoms with Crippen LogP contribution >= 0.6 is 24.8 Å². The van der Waals surface area contributed by atoms with Crippen LogP contribution in [-0.4, -0.2) is 56.2 Å². The fourth-order valence-electron chi connectivity index (χ4n) is 3.83. The zero-order valence-corrected chi connectivity index (χ0v) is 16.7. The van der Waals surface area contributed by atoms with Gasteiger partial charge in [0.25, 0.3) is 0 Å². The van der Waals surface area contributed by atoms with Crippen molar-refractivity contribution in [2.45, 2.75) is 62.9 Å². The molecule has 24 heavy (non-hydrogen) atoms. The molecule has 2 aliphatic rings. The van der Waals surface area contributed by atoms with E-state index in [9.17, 15) is 4.79 Å². The average Bonchev–Trinajstić information content (AvgIpc) is 2.79. The first kappa shape index (κ1) is 23.9. The summed E-state index contributed by atoms with van der Waals surface area (Å²) in [5.74, 6) is 0.274. The summed E-state index contributed by atoms with van der Waals surface area (Å²) in [6.45, 7) is 2.18. The van der Waals surface area contributed by atoms with Crippen LogP contribution in [0, 0.1) is 5.92 Å². The Morgan fingerprint density at radius 2 is 1.71 bits per heavy atom. The summed E-state index contributed by atoms with van der Waals surface area (Å²) in [6.07, 6.45) is 9.23. The van der Waals surface area contributed by atoms with E-state index in [0.29, 0.717) is 0 Å². The molecule has 7 heteroatoms. The van der Waals surface area contributed by atoms with Crippen molar-refractivity contribution in [3.8, 4) is 0 Å².